The van der Waals surface area contributed by atoms with Gasteiger partial charge >= 0.3 is 0 Å². The van der Waals surface area contributed by atoms with Crippen LogP contribution < -0.4 is 29.2 Å². The van der Waals surface area contributed by atoms with Crippen molar-refractivity contribution in [2.24, 2.45) is 0 Å². The smallest absolute Gasteiger partial charge is 0.265 e. The van der Waals surface area contributed by atoms with Crippen LogP contribution >= 0.6 is 11.6 Å². The summed E-state index contributed by atoms with van der Waals surface area (Å²) in [6.45, 7) is 0.527. The zero-order chi connectivity index (χ0) is 25.5. The van der Waals surface area contributed by atoms with Crippen LogP contribution in [0.15, 0.2) is 66.7 Å². The molecule has 1 aliphatic heterocycles. The fraction of sp³-hybridized carbons (Fsp3) is 0.185. The molecule has 0 unspecified atom stereocenters. The Morgan fingerprint density at radius 1 is 1.06 bits per heavy atom. The van der Waals surface area contributed by atoms with Gasteiger partial charge in [-0.05, 0) is 66.2 Å². The number of methoxy groups -OCH3 is 2. The van der Waals surface area contributed by atoms with Crippen LogP contribution in [0.2, 0.25) is 5.02 Å². The fourth-order valence-corrected chi connectivity index (χ4v) is 3.75. The van der Waals surface area contributed by atoms with Crippen molar-refractivity contribution in [3.05, 3.63) is 77.3 Å². The van der Waals surface area contributed by atoms with Crippen molar-refractivity contribution >= 4 is 40.9 Å². The molecule has 186 valence electrons. The minimum atomic E-state index is -0.328. The summed E-state index contributed by atoms with van der Waals surface area (Å²) in [6.07, 6.45) is 3.09. The number of anilines is 2. The largest absolute Gasteiger partial charge is 0.493 e. The molecule has 9 heteroatoms. The maximum Gasteiger partial charge on any atom is 0.265 e. The molecule has 0 aromatic heterocycles. The summed E-state index contributed by atoms with van der Waals surface area (Å²) in [5, 5.41) is 3.44. The van der Waals surface area contributed by atoms with Crippen molar-refractivity contribution in [1.29, 1.82) is 0 Å². The standard InChI is InChI=1S/C27H25ClN2O6/c1-33-24-10-3-18(15-25(24)34-2)4-12-26(31)29-20-7-11-23-22(16-20)30(27(32)17-36-23)13-14-35-21-8-5-19(28)6-9-21/h3-12,15-16H,13-14,17H2,1-2H3,(H,29,31)/b12-4+. The van der Waals surface area contributed by atoms with E-state index in [-0.39, 0.29) is 25.0 Å². The molecule has 3 aromatic carbocycles. The minimum absolute atomic E-state index is 0.0618. The maximum atomic E-state index is 12.5. The average Bonchev–Trinajstić information content (AvgIpc) is 2.89. The van der Waals surface area contributed by atoms with Crippen molar-refractivity contribution in [2.75, 3.05) is 44.2 Å². The molecule has 1 N–H and O–H groups in total. The Bertz CT molecular complexity index is 1280. The van der Waals surface area contributed by atoms with Crippen molar-refractivity contribution in [2.45, 2.75) is 0 Å². The second-order valence-electron chi connectivity index (χ2n) is 7.76. The number of fused-ring (bicyclic) bond motifs is 1. The highest BCUT2D eigenvalue weighted by atomic mass is 35.5. The summed E-state index contributed by atoms with van der Waals surface area (Å²) >= 11 is 5.90. The molecule has 0 atom stereocenters. The molecule has 0 saturated carbocycles. The second kappa shape index (κ2) is 11.5. The quantitative estimate of drug-likeness (QED) is 0.417. The first-order chi connectivity index (χ1) is 17.5. The summed E-state index contributed by atoms with van der Waals surface area (Å²) < 4.78 is 21.8. The number of hydrogen-bond acceptors (Lipinski definition) is 6. The van der Waals surface area contributed by atoms with Gasteiger partial charge in [-0.25, -0.2) is 0 Å². The zero-order valence-corrected chi connectivity index (χ0v) is 20.6. The van der Waals surface area contributed by atoms with Gasteiger partial charge in [-0.3, -0.25) is 9.59 Å². The lowest BCUT2D eigenvalue weighted by molar-refractivity contribution is -0.121. The number of nitrogens with zero attached hydrogens (tertiary/aromatic N) is 1. The Kier molecular flexibility index (Phi) is 7.97. The number of hydrogen-bond donors (Lipinski definition) is 1. The number of rotatable bonds is 9. The van der Waals surface area contributed by atoms with E-state index in [1.807, 2.05) is 6.07 Å². The Labute approximate surface area is 214 Å². The first-order valence-electron chi connectivity index (χ1n) is 11.1. The number of benzene rings is 3. The molecule has 0 spiro atoms. The average molecular weight is 509 g/mol. The van der Waals surface area contributed by atoms with E-state index in [2.05, 4.69) is 5.32 Å². The van der Waals surface area contributed by atoms with Gasteiger partial charge in [-0.2, -0.15) is 0 Å². The molecular formula is C27H25ClN2O6. The van der Waals surface area contributed by atoms with E-state index in [9.17, 15) is 9.59 Å². The number of halogens is 1. The van der Waals surface area contributed by atoms with Crippen molar-refractivity contribution in [3.63, 3.8) is 0 Å². The van der Waals surface area contributed by atoms with E-state index in [4.69, 9.17) is 30.5 Å². The normalized spacial score (nSPS) is 12.6. The third-order valence-electron chi connectivity index (χ3n) is 5.40. The molecule has 0 saturated heterocycles. The van der Waals surface area contributed by atoms with Crippen LogP contribution in [-0.2, 0) is 9.59 Å². The van der Waals surface area contributed by atoms with Crippen molar-refractivity contribution < 1.29 is 28.5 Å². The van der Waals surface area contributed by atoms with Crippen LogP contribution in [0.1, 0.15) is 5.56 Å². The highest BCUT2D eigenvalue weighted by Gasteiger charge is 2.26. The number of ether oxygens (including phenoxy) is 4. The molecule has 0 bridgehead atoms. The molecule has 2 amide bonds. The van der Waals surface area contributed by atoms with Crippen LogP contribution in [-0.4, -0.2) is 45.8 Å². The van der Waals surface area contributed by atoms with Gasteiger partial charge in [0.25, 0.3) is 5.91 Å². The zero-order valence-electron chi connectivity index (χ0n) is 19.8. The number of carbonyl (C=O) groups is 2. The van der Waals surface area contributed by atoms with E-state index in [1.54, 1.807) is 79.8 Å². The summed E-state index contributed by atoms with van der Waals surface area (Å²) in [6, 6.07) is 17.5. The SMILES string of the molecule is COc1ccc(/C=C/C(=O)Nc2ccc3c(c2)N(CCOc2ccc(Cl)cc2)C(=O)CO3)cc1OC. The first kappa shape index (κ1) is 24.9. The topological polar surface area (TPSA) is 86.3 Å². The van der Waals surface area contributed by atoms with Crippen LogP contribution in [0.25, 0.3) is 6.08 Å². The number of nitrogens with one attached hydrogen (secondary N) is 1. The predicted molar refractivity (Wildman–Crippen MR) is 138 cm³/mol. The van der Waals surface area contributed by atoms with E-state index in [0.717, 1.165) is 5.56 Å². The van der Waals surface area contributed by atoms with Crippen LogP contribution in [0, 0.1) is 0 Å². The van der Waals surface area contributed by atoms with Gasteiger partial charge in [0.1, 0.15) is 18.1 Å². The lowest BCUT2D eigenvalue weighted by Crippen LogP contribution is -2.41. The number of carbonyl (C=O) groups excluding carboxylic acids is 2. The molecule has 1 heterocycles. The van der Waals surface area contributed by atoms with Crippen LogP contribution in [0.3, 0.4) is 0 Å². The lowest BCUT2D eigenvalue weighted by atomic mass is 10.2. The van der Waals surface area contributed by atoms with Gasteiger partial charge < -0.3 is 29.2 Å². The van der Waals surface area contributed by atoms with E-state index in [1.165, 1.54) is 6.08 Å². The first-order valence-corrected chi connectivity index (χ1v) is 11.5. The lowest BCUT2D eigenvalue weighted by Gasteiger charge is -2.29. The van der Waals surface area contributed by atoms with Gasteiger partial charge in [0.2, 0.25) is 5.91 Å². The Balaban J connectivity index is 1.42. The number of amides is 2. The van der Waals surface area contributed by atoms with Crippen molar-refractivity contribution in [3.8, 4) is 23.0 Å². The van der Waals surface area contributed by atoms with Gasteiger partial charge in [0.15, 0.2) is 18.1 Å². The highest BCUT2D eigenvalue weighted by Crippen LogP contribution is 2.34. The molecule has 8 nitrogen and oxygen atoms in total. The molecule has 0 aliphatic carbocycles. The molecule has 4 rings (SSSR count). The van der Waals surface area contributed by atoms with Gasteiger partial charge in [-0.1, -0.05) is 17.7 Å². The Hall–Kier alpha value is -4.17. The maximum absolute atomic E-state index is 12.5. The fourth-order valence-electron chi connectivity index (χ4n) is 3.62. The third-order valence-corrected chi connectivity index (χ3v) is 5.65. The van der Waals surface area contributed by atoms with Crippen molar-refractivity contribution in [1.82, 2.24) is 0 Å². The minimum Gasteiger partial charge on any atom is -0.493 e. The van der Waals surface area contributed by atoms with Crippen LogP contribution in [0.4, 0.5) is 11.4 Å². The van der Waals surface area contributed by atoms with E-state index in [0.29, 0.717) is 45.9 Å². The van der Waals surface area contributed by atoms with E-state index < -0.39 is 0 Å². The molecular weight excluding hydrogens is 484 g/mol. The Morgan fingerprint density at radius 2 is 1.83 bits per heavy atom. The summed E-state index contributed by atoms with van der Waals surface area (Å²) in [5.74, 6) is 1.86. The van der Waals surface area contributed by atoms with E-state index >= 15 is 0 Å². The molecule has 0 radical (unpaired) electrons. The molecule has 36 heavy (non-hydrogen) atoms. The predicted octanol–water partition coefficient (Wildman–Crippen LogP) is 4.81. The summed E-state index contributed by atoms with van der Waals surface area (Å²) in [4.78, 5) is 26.7. The Morgan fingerprint density at radius 3 is 2.58 bits per heavy atom. The second-order valence-corrected chi connectivity index (χ2v) is 8.19. The summed E-state index contributed by atoms with van der Waals surface area (Å²) in [5.41, 5.74) is 1.87. The molecule has 1 aliphatic rings. The highest BCUT2D eigenvalue weighted by molar-refractivity contribution is 6.30. The monoisotopic (exact) mass is 508 g/mol. The third kappa shape index (κ3) is 6.09. The van der Waals surface area contributed by atoms with Gasteiger partial charge in [0, 0.05) is 16.8 Å². The van der Waals surface area contributed by atoms with Gasteiger partial charge in [-0.15, -0.1) is 0 Å². The van der Waals surface area contributed by atoms with Gasteiger partial charge in [0.05, 0.1) is 26.5 Å². The summed E-state index contributed by atoms with van der Waals surface area (Å²) in [7, 11) is 3.11. The van der Waals surface area contributed by atoms with Crippen LogP contribution in [0.5, 0.6) is 23.0 Å². The molecule has 0 fully saturated rings. The molecule has 3 aromatic rings.